The minimum absolute atomic E-state index is 0.00316. The summed E-state index contributed by atoms with van der Waals surface area (Å²) in [5.74, 6) is -0.385. The van der Waals surface area contributed by atoms with Gasteiger partial charge >= 0.3 is 5.97 Å². The predicted molar refractivity (Wildman–Crippen MR) is 88.7 cm³/mol. The Morgan fingerprint density at radius 1 is 1.13 bits per heavy atom. The molecule has 0 unspecified atom stereocenters. The highest BCUT2D eigenvalue weighted by Gasteiger charge is 2.10. The standard InChI is InChI=1S/C18H21NO4/c1-2-23-16-8-7-13-5-3-4-6-14(13)15(16)11-12-19-17(20)9-10-18(21)22/h3-8H,2,9-12H2,1H3,(H,19,20)(H,21,22). The highest BCUT2D eigenvalue weighted by molar-refractivity contribution is 5.88. The van der Waals surface area contributed by atoms with Crippen molar-refractivity contribution in [3.05, 3.63) is 42.0 Å². The van der Waals surface area contributed by atoms with Crippen molar-refractivity contribution in [2.24, 2.45) is 0 Å². The largest absolute Gasteiger partial charge is 0.494 e. The van der Waals surface area contributed by atoms with Crippen molar-refractivity contribution in [2.75, 3.05) is 13.2 Å². The van der Waals surface area contributed by atoms with Gasteiger partial charge in [0.15, 0.2) is 0 Å². The number of carbonyl (C=O) groups excluding carboxylic acids is 1. The van der Waals surface area contributed by atoms with Gasteiger partial charge in [0.1, 0.15) is 5.75 Å². The zero-order valence-electron chi connectivity index (χ0n) is 13.2. The molecule has 2 N–H and O–H groups in total. The van der Waals surface area contributed by atoms with Crippen molar-refractivity contribution in [2.45, 2.75) is 26.2 Å². The number of rotatable bonds is 8. The second kappa shape index (κ2) is 8.17. The van der Waals surface area contributed by atoms with E-state index in [-0.39, 0.29) is 18.7 Å². The maximum absolute atomic E-state index is 11.6. The molecule has 0 fully saturated rings. The van der Waals surface area contributed by atoms with E-state index in [9.17, 15) is 9.59 Å². The lowest BCUT2D eigenvalue weighted by Gasteiger charge is -2.14. The van der Waals surface area contributed by atoms with E-state index in [0.717, 1.165) is 22.1 Å². The van der Waals surface area contributed by atoms with Crippen LogP contribution in [0.3, 0.4) is 0 Å². The number of carbonyl (C=O) groups is 2. The normalized spacial score (nSPS) is 10.5. The van der Waals surface area contributed by atoms with Crippen molar-refractivity contribution in [1.82, 2.24) is 5.32 Å². The zero-order chi connectivity index (χ0) is 16.7. The van der Waals surface area contributed by atoms with Gasteiger partial charge < -0.3 is 15.2 Å². The molecule has 5 heteroatoms. The van der Waals surface area contributed by atoms with Crippen LogP contribution in [0.4, 0.5) is 0 Å². The van der Waals surface area contributed by atoms with Gasteiger partial charge in [-0.05, 0) is 30.2 Å². The van der Waals surface area contributed by atoms with Gasteiger partial charge in [-0.3, -0.25) is 9.59 Å². The molecular weight excluding hydrogens is 294 g/mol. The maximum Gasteiger partial charge on any atom is 0.303 e. The number of hydrogen-bond donors (Lipinski definition) is 2. The fourth-order valence-corrected chi connectivity index (χ4v) is 2.50. The molecule has 0 bridgehead atoms. The van der Waals surface area contributed by atoms with E-state index in [4.69, 9.17) is 9.84 Å². The highest BCUT2D eigenvalue weighted by Crippen LogP contribution is 2.28. The lowest BCUT2D eigenvalue weighted by atomic mass is 10.0. The number of hydrogen-bond acceptors (Lipinski definition) is 3. The summed E-state index contributed by atoms with van der Waals surface area (Å²) >= 11 is 0. The minimum atomic E-state index is -0.965. The van der Waals surface area contributed by atoms with Crippen LogP contribution < -0.4 is 10.1 Å². The van der Waals surface area contributed by atoms with Gasteiger partial charge in [0.25, 0.3) is 0 Å². The summed E-state index contributed by atoms with van der Waals surface area (Å²) in [6.07, 6.45) is 0.489. The summed E-state index contributed by atoms with van der Waals surface area (Å²) in [5.41, 5.74) is 1.06. The fraction of sp³-hybridized carbons (Fsp3) is 0.333. The van der Waals surface area contributed by atoms with Gasteiger partial charge in [-0.1, -0.05) is 30.3 Å². The second-order valence-corrected chi connectivity index (χ2v) is 5.19. The molecule has 2 aromatic carbocycles. The number of nitrogens with one attached hydrogen (secondary N) is 1. The lowest BCUT2D eigenvalue weighted by Crippen LogP contribution is -2.26. The molecule has 0 saturated carbocycles. The summed E-state index contributed by atoms with van der Waals surface area (Å²) in [5, 5.41) is 13.6. The van der Waals surface area contributed by atoms with Crippen LogP contribution in [0, 0.1) is 0 Å². The third-order valence-electron chi connectivity index (χ3n) is 3.56. The van der Waals surface area contributed by atoms with E-state index < -0.39 is 5.97 Å². The maximum atomic E-state index is 11.6. The number of carboxylic acid groups (broad SMARTS) is 1. The van der Waals surface area contributed by atoms with Gasteiger partial charge in [-0.2, -0.15) is 0 Å². The Bertz CT molecular complexity index is 696. The van der Waals surface area contributed by atoms with Crippen molar-refractivity contribution < 1.29 is 19.4 Å². The molecule has 0 aliphatic heterocycles. The van der Waals surface area contributed by atoms with E-state index in [1.807, 2.05) is 43.3 Å². The molecular formula is C18H21NO4. The fourth-order valence-electron chi connectivity index (χ4n) is 2.50. The average molecular weight is 315 g/mol. The van der Waals surface area contributed by atoms with Gasteiger partial charge in [0, 0.05) is 18.5 Å². The van der Waals surface area contributed by atoms with Gasteiger partial charge in [0.2, 0.25) is 5.91 Å². The first-order valence-corrected chi connectivity index (χ1v) is 7.73. The Hall–Kier alpha value is -2.56. The Balaban J connectivity index is 2.07. The van der Waals surface area contributed by atoms with Gasteiger partial charge in [-0.25, -0.2) is 0 Å². The number of amides is 1. The first-order valence-electron chi connectivity index (χ1n) is 7.73. The molecule has 0 saturated heterocycles. The molecule has 2 rings (SSSR count). The monoisotopic (exact) mass is 315 g/mol. The summed E-state index contributed by atoms with van der Waals surface area (Å²) in [6.45, 7) is 2.97. The zero-order valence-corrected chi connectivity index (χ0v) is 13.2. The van der Waals surface area contributed by atoms with Gasteiger partial charge in [0.05, 0.1) is 13.0 Å². The molecule has 0 aliphatic rings. The molecule has 0 atom stereocenters. The first-order chi connectivity index (χ1) is 11.1. The summed E-state index contributed by atoms with van der Waals surface area (Å²) in [4.78, 5) is 22.1. The highest BCUT2D eigenvalue weighted by atomic mass is 16.5. The second-order valence-electron chi connectivity index (χ2n) is 5.19. The van der Waals surface area contributed by atoms with Crippen LogP contribution in [0.15, 0.2) is 36.4 Å². The lowest BCUT2D eigenvalue weighted by molar-refractivity contribution is -0.138. The number of carboxylic acids is 1. The molecule has 0 radical (unpaired) electrons. The van der Waals surface area contributed by atoms with Crippen LogP contribution in [0.2, 0.25) is 0 Å². The molecule has 2 aromatic rings. The van der Waals surface area contributed by atoms with Crippen LogP contribution in [0.25, 0.3) is 10.8 Å². The van der Waals surface area contributed by atoms with E-state index in [1.54, 1.807) is 0 Å². The van der Waals surface area contributed by atoms with Crippen LogP contribution in [0.5, 0.6) is 5.75 Å². The Morgan fingerprint density at radius 2 is 1.91 bits per heavy atom. The third-order valence-corrected chi connectivity index (χ3v) is 3.56. The summed E-state index contributed by atoms with van der Waals surface area (Å²) in [7, 11) is 0. The molecule has 0 spiro atoms. The molecule has 1 amide bonds. The van der Waals surface area contributed by atoms with Crippen molar-refractivity contribution in [1.29, 1.82) is 0 Å². The van der Waals surface area contributed by atoms with Crippen LogP contribution >= 0.6 is 0 Å². The Kier molecular flexibility index (Phi) is 5.97. The van der Waals surface area contributed by atoms with E-state index in [2.05, 4.69) is 5.32 Å². The minimum Gasteiger partial charge on any atom is -0.494 e. The van der Waals surface area contributed by atoms with Crippen molar-refractivity contribution >= 4 is 22.6 Å². The van der Waals surface area contributed by atoms with E-state index in [0.29, 0.717) is 19.6 Å². The van der Waals surface area contributed by atoms with Crippen molar-refractivity contribution in [3.63, 3.8) is 0 Å². The molecule has 0 heterocycles. The number of ether oxygens (including phenoxy) is 1. The SMILES string of the molecule is CCOc1ccc2ccccc2c1CCNC(=O)CCC(=O)O. The van der Waals surface area contributed by atoms with Crippen LogP contribution in [-0.4, -0.2) is 30.1 Å². The van der Waals surface area contributed by atoms with E-state index >= 15 is 0 Å². The average Bonchev–Trinajstić information content (AvgIpc) is 2.54. The molecule has 23 heavy (non-hydrogen) atoms. The Labute approximate surface area is 135 Å². The quantitative estimate of drug-likeness (QED) is 0.785. The van der Waals surface area contributed by atoms with Crippen LogP contribution in [0.1, 0.15) is 25.3 Å². The number of benzene rings is 2. The van der Waals surface area contributed by atoms with Gasteiger partial charge in [-0.15, -0.1) is 0 Å². The number of aliphatic carboxylic acids is 1. The third kappa shape index (κ3) is 4.71. The smallest absolute Gasteiger partial charge is 0.303 e. The first kappa shape index (κ1) is 16.8. The summed E-state index contributed by atoms with van der Waals surface area (Å²) in [6, 6.07) is 12.0. The van der Waals surface area contributed by atoms with Crippen molar-refractivity contribution in [3.8, 4) is 5.75 Å². The van der Waals surface area contributed by atoms with E-state index in [1.165, 1.54) is 0 Å². The number of fused-ring (bicyclic) bond motifs is 1. The molecule has 122 valence electrons. The Morgan fingerprint density at radius 3 is 2.65 bits per heavy atom. The molecule has 0 aromatic heterocycles. The molecule has 5 nitrogen and oxygen atoms in total. The summed E-state index contributed by atoms with van der Waals surface area (Å²) < 4.78 is 5.69. The predicted octanol–water partition coefficient (Wildman–Crippen LogP) is 2.76. The molecule has 0 aliphatic carbocycles. The van der Waals surface area contributed by atoms with Crippen LogP contribution in [-0.2, 0) is 16.0 Å². The topological polar surface area (TPSA) is 75.6 Å².